The molecule has 0 unspecified atom stereocenters. The smallest absolute Gasteiger partial charge is 0.312 e. The number of fused-ring (bicyclic) bond motifs is 3. The Morgan fingerprint density at radius 3 is 2.59 bits per heavy atom. The van der Waals surface area contributed by atoms with Crippen LogP contribution in [0, 0.1) is 10.1 Å². The van der Waals surface area contributed by atoms with E-state index in [1.807, 2.05) is 36.4 Å². The molecule has 172 valence electrons. The van der Waals surface area contributed by atoms with E-state index in [4.69, 9.17) is 19.2 Å². The molecule has 0 saturated carbocycles. The molecule has 0 amide bonds. The zero-order chi connectivity index (χ0) is 23.1. The Labute approximate surface area is 195 Å². The lowest BCUT2D eigenvalue weighted by atomic mass is 10.1. The number of amidine groups is 1. The summed E-state index contributed by atoms with van der Waals surface area (Å²) in [4.78, 5) is 20.8. The molecule has 1 fully saturated rings. The van der Waals surface area contributed by atoms with E-state index in [1.165, 1.54) is 11.6 Å². The first-order chi connectivity index (χ1) is 16.7. The maximum absolute atomic E-state index is 11.7. The van der Waals surface area contributed by atoms with Crippen molar-refractivity contribution in [3.63, 3.8) is 0 Å². The Kier molecular flexibility index (Phi) is 5.03. The zero-order valence-electron chi connectivity index (χ0n) is 18.3. The summed E-state index contributed by atoms with van der Waals surface area (Å²) in [5.41, 5.74) is 2.40. The number of hydrogen-bond acceptors (Lipinski definition) is 8. The van der Waals surface area contributed by atoms with Crippen LogP contribution in [0.4, 0.5) is 11.4 Å². The van der Waals surface area contributed by atoms with E-state index in [9.17, 15) is 10.1 Å². The molecule has 9 nitrogen and oxygen atoms in total. The highest BCUT2D eigenvalue weighted by atomic mass is 16.7. The van der Waals surface area contributed by atoms with E-state index in [1.54, 1.807) is 12.1 Å². The van der Waals surface area contributed by atoms with Crippen molar-refractivity contribution in [2.24, 2.45) is 4.99 Å². The largest absolute Gasteiger partial charge is 0.454 e. The average Bonchev–Trinajstić information content (AvgIpc) is 3.25. The van der Waals surface area contributed by atoms with Gasteiger partial charge < -0.3 is 19.1 Å². The molecule has 0 radical (unpaired) electrons. The molecular weight excluding hydrogens is 436 g/mol. The molecule has 0 N–H and O–H groups in total. The van der Waals surface area contributed by atoms with E-state index in [0.29, 0.717) is 22.8 Å². The molecule has 3 aromatic rings. The van der Waals surface area contributed by atoms with E-state index in [-0.39, 0.29) is 18.2 Å². The summed E-state index contributed by atoms with van der Waals surface area (Å²) in [6.07, 6.45) is 0. The fraction of sp³-hybridized carbons (Fsp3) is 0.240. The first kappa shape index (κ1) is 20.5. The molecule has 0 spiro atoms. The maximum atomic E-state index is 11.7. The number of nitro benzene ring substituents is 1. The lowest BCUT2D eigenvalue weighted by molar-refractivity contribution is -0.385. The van der Waals surface area contributed by atoms with Gasteiger partial charge in [-0.05, 0) is 35.9 Å². The van der Waals surface area contributed by atoms with Gasteiger partial charge in [-0.3, -0.25) is 15.0 Å². The SMILES string of the molecule is O=[N+]([O-])c1cccc2c1Oc1ccccc1N=C2N1CCN(Cc2ccc3c(c2)OCO3)CC1. The van der Waals surface area contributed by atoms with Gasteiger partial charge in [0.25, 0.3) is 0 Å². The fourth-order valence-electron chi connectivity index (χ4n) is 4.53. The predicted octanol–water partition coefficient (Wildman–Crippen LogP) is 4.33. The number of para-hydroxylation sites is 3. The zero-order valence-corrected chi connectivity index (χ0v) is 18.3. The summed E-state index contributed by atoms with van der Waals surface area (Å²) in [7, 11) is 0. The number of hydrogen-bond donors (Lipinski definition) is 0. The first-order valence-electron chi connectivity index (χ1n) is 11.1. The standard InChI is InChI=1S/C25H22N4O5/c30-29(31)20-6-3-4-18-24(20)34-21-7-2-1-5-19(21)26-25(18)28-12-10-27(11-13-28)15-17-8-9-22-23(14-17)33-16-32-22/h1-9,14H,10-13,15-16H2. The van der Waals surface area contributed by atoms with Crippen molar-refractivity contribution in [3.8, 4) is 23.0 Å². The Bertz CT molecular complexity index is 1300. The molecule has 6 rings (SSSR count). The van der Waals surface area contributed by atoms with Crippen LogP contribution in [0.5, 0.6) is 23.0 Å². The Morgan fingerprint density at radius 1 is 0.912 bits per heavy atom. The third kappa shape index (κ3) is 3.69. The number of benzene rings is 3. The number of nitrogens with zero attached hydrogens (tertiary/aromatic N) is 4. The van der Waals surface area contributed by atoms with Gasteiger partial charge in [0.05, 0.1) is 10.5 Å². The van der Waals surface area contributed by atoms with Gasteiger partial charge in [0.15, 0.2) is 17.2 Å². The lowest BCUT2D eigenvalue weighted by Crippen LogP contribution is -2.48. The van der Waals surface area contributed by atoms with Crippen molar-refractivity contribution in [2.45, 2.75) is 6.54 Å². The minimum Gasteiger partial charge on any atom is -0.454 e. The van der Waals surface area contributed by atoms with Crippen molar-refractivity contribution in [1.29, 1.82) is 0 Å². The summed E-state index contributed by atoms with van der Waals surface area (Å²) in [5, 5.41) is 11.7. The van der Waals surface area contributed by atoms with Gasteiger partial charge in [-0.15, -0.1) is 0 Å². The van der Waals surface area contributed by atoms with Crippen LogP contribution in [0.25, 0.3) is 0 Å². The Hall–Kier alpha value is -4.11. The first-order valence-corrected chi connectivity index (χ1v) is 11.1. The summed E-state index contributed by atoms with van der Waals surface area (Å²) in [5.74, 6) is 3.02. The van der Waals surface area contributed by atoms with Crippen LogP contribution in [0.1, 0.15) is 11.1 Å². The molecule has 3 aliphatic heterocycles. The van der Waals surface area contributed by atoms with Crippen molar-refractivity contribution >= 4 is 17.2 Å². The molecule has 3 heterocycles. The van der Waals surface area contributed by atoms with E-state index in [2.05, 4.69) is 15.9 Å². The van der Waals surface area contributed by atoms with Crippen molar-refractivity contribution in [3.05, 3.63) is 81.9 Å². The van der Waals surface area contributed by atoms with Gasteiger partial charge in [-0.2, -0.15) is 0 Å². The van der Waals surface area contributed by atoms with Crippen LogP contribution in [-0.4, -0.2) is 53.5 Å². The van der Waals surface area contributed by atoms with E-state index < -0.39 is 4.92 Å². The molecule has 3 aromatic carbocycles. The number of nitro groups is 1. The minimum atomic E-state index is -0.409. The predicted molar refractivity (Wildman–Crippen MR) is 125 cm³/mol. The molecule has 9 heteroatoms. The quantitative estimate of drug-likeness (QED) is 0.426. The molecule has 0 bridgehead atoms. The average molecular weight is 458 g/mol. The topological polar surface area (TPSA) is 89.7 Å². The molecule has 34 heavy (non-hydrogen) atoms. The van der Waals surface area contributed by atoms with Gasteiger partial charge in [-0.25, -0.2) is 4.99 Å². The van der Waals surface area contributed by atoms with Crippen LogP contribution < -0.4 is 14.2 Å². The minimum absolute atomic E-state index is 0.0663. The van der Waals surface area contributed by atoms with E-state index >= 15 is 0 Å². The monoisotopic (exact) mass is 458 g/mol. The number of ether oxygens (including phenoxy) is 3. The fourth-order valence-corrected chi connectivity index (χ4v) is 4.53. The second-order valence-electron chi connectivity index (χ2n) is 8.37. The van der Waals surface area contributed by atoms with Crippen LogP contribution in [0.2, 0.25) is 0 Å². The Morgan fingerprint density at radius 2 is 1.74 bits per heavy atom. The maximum Gasteiger partial charge on any atom is 0.312 e. The molecule has 3 aliphatic rings. The molecule has 1 saturated heterocycles. The summed E-state index contributed by atoms with van der Waals surface area (Å²) < 4.78 is 16.9. The summed E-state index contributed by atoms with van der Waals surface area (Å²) >= 11 is 0. The second-order valence-corrected chi connectivity index (χ2v) is 8.37. The van der Waals surface area contributed by atoms with Gasteiger partial charge in [0.2, 0.25) is 12.5 Å². The van der Waals surface area contributed by atoms with Crippen LogP contribution in [0.3, 0.4) is 0 Å². The van der Waals surface area contributed by atoms with Crippen LogP contribution >= 0.6 is 0 Å². The van der Waals surface area contributed by atoms with Crippen molar-refractivity contribution in [2.75, 3.05) is 33.0 Å². The highest BCUT2D eigenvalue weighted by molar-refractivity contribution is 6.04. The number of rotatable bonds is 3. The third-order valence-corrected chi connectivity index (χ3v) is 6.25. The van der Waals surface area contributed by atoms with Crippen molar-refractivity contribution < 1.29 is 19.1 Å². The lowest BCUT2D eigenvalue weighted by Gasteiger charge is -2.36. The van der Waals surface area contributed by atoms with E-state index in [0.717, 1.165) is 44.2 Å². The van der Waals surface area contributed by atoms with Gasteiger partial charge in [-0.1, -0.05) is 24.3 Å². The molecule has 0 aliphatic carbocycles. The highest BCUT2D eigenvalue weighted by Gasteiger charge is 2.30. The second kappa shape index (κ2) is 8.35. The summed E-state index contributed by atoms with van der Waals surface area (Å²) in [6, 6.07) is 18.4. The number of aliphatic imine (C=N–C) groups is 1. The van der Waals surface area contributed by atoms with Crippen molar-refractivity contribution in [1.82, 2.24) is 9.80 Å². The van der Waals surface area contributed by atoms with Crippen LogP contribution in [0.15, 0.2) is 65.7 Å². The molecule has 0 atom stereocenters. The molecule has 0 aromatic heterocycles. The van der Waals surface area contributed by atoms with Crippen LogP contribution in [-0.2, 0) is 6.54 Å². The van der Waals surface area contributed by atoms with Gasteiger partial charge in [0, 0.05) is 38.8 Å². The van der Waals surface area contributed by atoms with Gasteiger partial charge in [0.1, 0.15) is 11.5 Å². The normalized spacial score (nSPS) is 16.7. The molecular formula is C25H22N4O5. The highest BCUT2D eigenvalue weighted by Crippen LogP contribution is 2.42. The Balaban J connectivity index is 1.26. The number of piperazine rings is 1. The van der Waals surface area contributed by atoms with Gasteiger partial charge >= 0.3 is 5.69 Å². The summed E-state index contributed by atoms with van der Waals surface area (Å²) in [6.45, 7) is 4.23. The third-order valence-electron chi connectivity index (χ3n) is 6.25.